The Morgan fingerprint density at radius 3 is 2.25 bits per heavy atom. The maximum atomic E-state index is 11.1. The molecule has 0 amide bonds. The van der Waals surface area contributed by atoms with Crippen molar-refractivity contribution in [2.24, 2.45) is 0 Å². The number of nitrogens with zero attached hydrogens (tertiary/aromatic N) is 1. The van der Waals surface area contributed by atoms with Crippen molar-refractivity contribution in [1.82, 2.24) is 4.57 Å². The summed E-state index contributed by atoms with van der Waals surface area (Å²) in [5, 5.41) is 0. The van der Waals surface area contributed by atoms with Gasteiger partial charge >= 0.3 is 0 Å². The maximum absolute atomic E-state index is 11.1. The highest BCUT2D eigenvalue weighted by Gasteiger charge is 2.11. The molecule has 0 spiro atoms. The van der Waals surface area contributed by atoms with Gasteiger partial charge in [0.05, 0.1) is 0 Å². The molecule has 0 fully saturated rings. The SMILES string of the molecule is O=C(C(Cl)Cl)n1ccc(=O)cc1. The third-order valence-corrected chi connectivity index (χ3v) is 1.61. The Hall–Kier alpha value is -0.800. The van der Waals surface area contributed by atoms with Gasteiger partial charge in [0.25, 0.3) is 5.91 Å². The lowest BCUT2D eigenvalue weighted by Gasteiger charge is -2.02. The Kier molecular flexibility index (Phi) is 2.89. The number of hydrogen-bond acceptors (Lipinski definition) is 2. The molecule has 1 aromatic heterocycles. The van der Waals surface area contributed by atoms with E-state index in [2.05, 4.69) is 0 Å². The van der Waals surface area contributed by atoms with Crippen LogP contribution in [0.3, 0.4) is 0 Å². The van der Waals surface area contributed by atoms with Crippen LogP contribution in [0.2, 0.25) is 0 Å². The van der Waals surface area contributed by atoms with Gasteiger partial charge in [0.2, 0.25) is 0 Å². The number of halogens is 2. The van der Waals surface area contributed by atoms with Crippen LogP contribution in [-0.4, -0.2) is 15.3 Å². The van der Waals surface area contributed by atoms with Gasteiger partial charge in [0.1, 0.15) is 0 Å². The molecule has 0 atom stereocenters. The van der Waals surface area contributed by atoms with Gasteiger partial charge in [-0.15, -0.1) is 0 Å². The summed E-state index contributed by atoms with van der Waals surface area (Å²) < 4.78 is 1.16. The maximum Gasteiger partial charge on any atom is 0.263 e. The van der Waals surface area contributed by atoms with Crippen molar-refractivity contribution in [3.63, 3.8) is 0 Å². The molecule has 64 valence electrons. The summed E-state index contributed by atoms with van der Waals surface area (Å²) in [6, 6.07) is 2.52. The monoisotopic (exact) mass is 205 g/mol. The highest BCUT2D eigenvalue weighted by molar-refractivity contribution is 6.53. The van der Waals surface area contributed by atoms with Gasteiger partial charge in [0, 0.05) is 24.5 Å². The van der Waals surface area contributed by atoms with E-state index in [1.807, 2.05) is 0 Å². The smallest absolute Gasteiger partial charge is 0.263 e. The number of hydrogen-bond donors (Lipinski definition) is 0. The van der Waals surface area contributed by atoms with Gasteiger partial charge < -0.3 is 0 Å². The molecule has 0 unspecified atom stereocenters. The molecule has 0 saturated carbocycles. The summed E-state index contributed by atoms with van der Waals surface area (Å²) in [5.74, 6) is -0.474. The number of pyridine rings is 1. The minimum atomic E-state index is -1.10. The zero-order valence-corrected chi connectivity index (χ0v) is 7.42. The summed E-state index contributed by atoms with van der Waals surface area (Å²) in [6.07, 6.45) is 2.64. The second-order valence-corrected chi connectivity index (χ2v) is 3.18. The van der Waals surface area contributed by atoms with Gasteiger partial charge in [0.15, 0.2) is 10.3 Å². The Morgan fingerprint density at radius 1 is 1.33 bits per heavy atom. The average molecular weight is 206 g/mol. The lowest BCUT2D eigenvalue weighted by molar-refractivity contribution is 0.0928. The first-order valence-corrected chi connectivity index (χ1v) is 3.99. The van der Waals surface area contributed by atoms with Crippen molar-refractivity contribution in [2.45, 2.75) is 4.84 Å². The molecule has 0 aliphatic rings. The summed E-state index contributed by atoms with van der Waals surface area (Å²) in [6.45, 7) is 0. The summed E-state index contributed by atoms with van der Waals surface area (Å²) in [4.78, 5) is 20.6. The largest absolute Gasteiger partial charge is 0.292 e. The first-order chi connectivity index (χ1) is 5.61. The molecule has 5 heteroatoms. The van der Waals surface area contributed by atoms with Crippen molar-refractivity contribution in [2.75, 3.05) is 0 Å². The fourth-order valence-corrected chi connectivity index (χ4v) is 0.898. The molecule has 1 rings (SSSR count). The Morgan fingerprint density at radius 2 is 1.83 bits per heavy atom. The minimum Gasteiger partial charge on any atom is -0.292 e. The van der Waals surface area contributed by atoms with Crippen LogP contribution in [0.5, 0.6) is 0 Å². The molecular formula is C7H5Cl2NO2. The molecule has 12 heavy (non-hydrogen) atoms. The normalized spacial score (nSPS) is 10.2. The molecular weight excluding hydrogens is 201 g/mol. The number of rotatable bonds is 1. The number of alkyl halides is 2. The van der Waals surface area contributed by atoms with Crippen LogP contribution in [0.25, 0.3) is 0 Å². The van der Waals surface area contributed by atoms with Crippen molar-refractivity contribution in [3.8, 4) is 0 Å². The predicted molar refractivity (Wildman–Crippen MR) is 46.8 cm³/mol. The second kappa shape index (κ2) is 3.74. The van der Waals surface area contributed by atoms with E-state index < -0.39 is 10.7 Å². The Labute approximate surface area is 78.5 Å². The van der Waals surface area contributed by atoms with Gasteiger partial charge in [-0.2, -0.15) is 0 Å². The third kappa shape index (κ3) is 2.09. The second-order valence-electron chi connectivity index (χ2n) is 2.08. The highest BCUT2D eigenvalue weighted by atomic mass is 35.5. The fraction of sp³-hybridized carbons (Fsp3) is 0.143. The van der Waals surface area contributed by atoms with E-state index >= 15 is 0 Å². The van der Waals surface area contributed by atoms with E-state index in [0.29, 0.717) is 0 Å². The van der Waals surface area contributed by atoms with Gasteiger partial charge in [-0.1, -0.05) is 23.2 Å². The lowest BCUT2D eigenvalue weighted by Crippen LogP contribution is -2.18. The molecule has 0 N–H and O–H groups in total. The van der Waals surface area contributed by atoms with Crippen molar-refractivity contribution in [3.05, 3.63) is 34.7 Å². The molecule has 1 heterocycles. The first-order valence-electron chi connectivity index (χ1n) is 3.12. The van der Waals surface area contributed by atoms with Crippen molar-refractivity contribution >= 4 is 29.1 Å². The molecule has 0 aromatic carbocycles. The summed E-state index contributed by atoms with van der Waals surface area (Å²) in [5.41, 5.74) is -0.167. The predicted octanol–water partition coefficient (Wildman–Crippen LogP) is 1.29. The Bertz CT molecular complexity index is 325. The highest BCUT2D eigenvalue weighted by Crippen LogP contribution is 2.04. The molecule has 0 saturated heterocycles. The minimum absolute atomic E-state index is 0.167. The molecule has 1 aromatic rings. The van der Waals surface area contributed by atoms with E-state index in [1.165, 1.54) is 24.5 Å². The van der Waals surface area contributed by atoms with Crippen LogP contribution in [0, 0.1) is 0 Å². The fourth-order valence-electron chi connectivity index (χ4n) is 0.672. The van der Waals surface area contributed by atoms with Gasteiger partial charge in [-0.25, -0.2) is 0 Å². The first kappa shape index (κ1) is 9.29. The van der Waals surface area contributed by atoms with Crippen LogP contribution in [-0.2, 0) is 0 Å². The van der Waals surface area contributed by atoms with E-state index in [4.69, 9.17) is 23.2 Å². The van der Waals surface area contributed by atoms with Crippen LogP contribution in [0.15, 0.2) is 29.3 Å². The van der Waals surface area contributed by atoms with Crippen LogP contribution >= 0.6 is 23.2 Å². The third-order valence-electron chi connectivity index (χ3n) is 1.24. The lowest BCUT2D eigenvalue weighted by atomic mass is 10.4. The molecule has 0 radical (unpaired) electrons. The van der Waals surface area contributed by atoms with Gasteiger partial charge in [-0.3, -0.25) is 14.2 Å². The zero-order chi connectivity index (χ0) is 9.14. The quantitative estimate of drug-likeness (QED) is 0.649. The van der Waals surface area contributed by atoms with E-state index in [9.17, 15) is 9.59 Å². The van der Waals surface area contributed by atoms with Crippen LogP contribution in [0.1, 0.15) is 4.79 Å². The standard InChI is InChI=1S/C7H5Cl2NO2/c8-6(9)7(12)10-3-1-5(11)2-4-10/h1-4,6H. The van der Waals surface area contributed by atoms with Crippen molar-refractivity contribution in [1.29, 1.82) is 0 Å². The number of carbonyl (C=O) groups excluding carboxylic acids is 1. The van der Waals surface area contributed by atoms with E-state index in [0.717, 1.165) is 4.57 Å². The average Bonchev–Trinajstić information content (AvgIpc) is 2.04. The van der Waals surface area contributed by atoms with Crippen LogP contribution in [0.4, 0.5) is 0 Å². The van der Waals surface area contributed by atoms with E-state index in [1.54, 1.807) is 0 Å². The van der Waals surface area contributed by atoms with Crippen LogP contribution < -0.4 is 5.43 Å². The van der Waals surface area contributed by atoms with Crippen molar-refractivity contribution < 1.29 is 4.79 Å². The zero-order valence-electron chi connectivity index (χ0n) is 5.91. The molecule has 0 aliphatic carbocycles. The molecule has 3 nitrogen and oxygen atoms in total. The van der Waals surface area contributed by atoms with E-state index in [-0.39, 0.29) is 5.43 Å². The number of aromatic nitrogens is 1. The molecule has 0 bridgehead atoms. The number of carbonyl (C=O) groups is 1. The topological polar surface area (TPSA) is 39.1 Å². The Balaban J connectivity index is 2.98. The summed E-state index contributed by atoms with van der Waals surface area (Å²) >= 11 is 10.6. The molecule has 0 aliphatic heterocycles. The van der Waals surface area contributed by atoms with Gasteiger partial charge in [-0.05, 0) is 0 Å². The summed E-state index contributed by atoms with van der Waals surface area (Å²) in [7, 11) is 0.